The topological polar surface area (TPSA) is 162 Å². The number of aliphatic carboxylic acids is 1. The lowest BCUT2D eigenvalue weighted by Gasteiger charge is -2.36. The van der Waals surface area contributed by atoms with Crippen LogP contribution in [0.4, 0.5) is 0 Å². The van der Waals surface area contributed by atoms with Crippen molar-refractivity contribution in [3.8, 4) is 23.6 Å². The number of amides is 2. The molecule has 2 bridgehead atoms. The van der Waals surface area contributed by atoms with Crippen LogP contribution in [0.25, 0.3) is 0 Å². The monoisotopic (exact) mass is 562 g/mol. The van der Waals surface area contributed by atoms with Gasteiger partial charge in [-0.2, -0.15) is 10.5 Å². The van der Waals surface area contributed by atoms with Crippen LogP contribution in [-0.4, -0.2) is 48.7 Å². The molecule has 0 saturated heterocycles. The van der Waals surface area contributed by atoms with E-state index in [0.29, 0.717) is 32.2 Å². The van der Waals surface area contributed by atoms with Crippen molar-refractivity contribution in [3.05, 3.63) is 23.3 Å². The fraction of sp³-hybridized carbons (Fsp3) is 0.645. The average molecular weight is 563 g/mol. The highest BCUT2D eigenvalue weighted by molar-refractivity contribution is 5.98. The molecular weight excluding hydrogens is 524 g/mol. The van der Waals surface area contributed by atoms with E-state index in [1.165, 1.54) is 19.2 Å². The first-order valence-corrected chi connectivity index (χ1v) is 14.6. The van der Waals surface area contributed by atoms with Gasteiger partial charge in [0.1, 0.15) is 17.6 Å². The molecule has 218 valence electrons. The molecule has 0 aliphatic heterocycles. The molecular formula is C31H38N4O6. The van der Waals surface area contributed by atoms with Crippen LogP contribution in [0, 0.1) is 51.2 Å². The number of hydrogen-bond acceptors (Lipinski definition) is 7. The second kappa shape index (κ2) is 11.2. The Kier molecular flexibility index (Phi) is 7.87. The minimum absolute atomic E-state index is 0.106. The predicted octanol–water partition coefficient (Wildman–Crippen LogP) is 3.93. The summed E-state index contributed by atoms with van der Waals surface area (Å²) < 4.78 is 11.6. The molecule has 2 amide bonds. The number of carbonyl (C=O) groups is 3. The Labute approximate surface area is 240 Å². The first-order valence-electron chi connectivity index (χ1n) is 14.6. The molecule has 10 nitrogen and oxygen atoms in total. The third kappa shape index (κ3) is 5.45. The van der Waals surface area contributed by atoms with Crippen molar-refractivity contribution in [3.63, 3.8) is 0 Å². The van der Waals surface area contributed by atoms with Crippen LogP contribution in [0.5, 0.6) is 11.5 Å². The van der Waals surface area contributed by atoms with E-state index in [9.17, 15) is 30.0 Å². The number of benzene rings is 1. The lowest BCUT2D eigenvalue weighted by Crippen LogP contribution is -2.51. The molecule has 4 aliphatic rings. The maximum absolute atomic E-state index is 13.7. The summed E-state index contributed by atoms with van der Waals surface area (Å²) >= 11 is 0. The Bertz CT molecular complexity index is 1300. The maximum Gasteiger partial charge on any atom is 0.309 e. The van der Waals surface area contributed by atoms with Gasteiger partial charge in [-0.25, -0.2) is 0 Å². The van der Waals surface area contributed by atoms with Gasteiger partial charge in [-0.3, -0.25) is 14.4 Å². The molecule has 4 aliphatic carbocycles. The Morgan fingerprint density at radius 3 is 2.34 bits per heavy atom. The van der Waals surface area contributed by atoms with Crippen molar-refractivity contribution in [2.75, 3.05) is 13.7 Å². The normalized spacial score (nSPS) is 31.2. The molecule has 0 radical (unpaired) electrons. The van der Waals surface area contributed by atoms with Crippen LogP contribution < -0.4 is 20.1 Å². The van der Waals surface area contributed by atoms with Gasteiger partial charge < -0.3 is 25.2 Å². The van der Waals surface area contributed by atoms with Gasteiger partial charge in [-0.1, -0.05) is 6.42 Å². The molecule has 4 saturated carbocycles. The third-order valence-corrected chi connectivity index (χ3v) is 10.2. The summed E-state index contributed by atoms with van der Waals surface area (Å²) in [4.78, 5) is 38.6. The zero-order valence-corrected chi connectivity index (χ0v) is 23.7. The van der Waals surface area contributed by atoms with Gasteiger partial charge in [0.05, 0.1) is 47.2 Å². The first-order chi connectivity index (χ1) is 19.6. The van der Waals surface area contributed by atoms with E-state index in [4.69, 9.17) is 9.47 Å². The molecule has 1 aromatic rings. The van der Waals surface area contributed by atoms with Crippen LogP contribution in [0.2, 0.25) is 0 Å². The largest absolute Gasteiger partial charge is 0.496 e. The molecule has 1 aromatic carbocycles. The van der Waals surface area contributed by atoms with Crippen LogP contribution >= 0.6 is 0 Å². The van der Waals surface area contributed by atoms with Crippen LogP contribution in [0.3, 0.4) is 0 Å². The standard InChI is InChI=1S/C31H38N4O6/c1-30(29(38)39)10-6-21(7-11-30)41-23-14-22(24(40-2)13-20(23)15-32)27(36)35-26-19-5-4-18(12-19)25(26)28(37)34-17-31(16-33)8-3-9-31/h13-14,18-19,21,25-26H,3-12,17H2,1-2H3,(H,34,37)(H,35,36)(H,38,39)/t18-,19+,21?,25+,26-,30?/m1/s1. The van der Waals surface area contributed by atoms with Crippen molar-refractivity contribution < 1.29 is 29.0 Å². The summed E-state index contributed by atoms with van der Waals surface area (Å²) in [6.07, 6.45) is 7.04. The Morgan fingerprint density at radius 2 is 1.76 bits per heavy atom. The number of ether oxygens (including phenoxy) is 2. The van der Waals surface area contributed by atoms with E-state index >= 15 is 0 Å². The molecule has 4 fully saturated rings. The highest BCUT2D eigenvalue weighted by Crippen LogP contribution is 2.49. The van der Waals surface area contributed by atoms with Crippen molar-refractivity contribution in [1.29, 1.82) is 10.5 Å². The molecule has 5 rings (SSSR count). The highest BCUT2D eigenvalue weighted by Gasteiger charge is 2.52. The number of nitrogens with zero attached hydrogens (tertiary/aromatic N) is 2. The minimum Gasteiger partial charge on any atom is -0.496 e. The lowest BCUT2D eigenvalue weighted by atomic mass is 9.70. The summed E-state index contributed by atoms with van der Waals surface area (Å²) in [5.41, 5.74) is -0.820. The van der Waals surface area contributed by atoms with Crippen molar-refractivity contribution in [1.82, 2.24) is 10.6 Å². The molecule has 0 heterocycles. The number of carboxylic acid groups (broad SMARTS) is 1. The fourth-order valence-corrected chi connectivity index (χ4v) is 7.24. The van der Waals surface area contributed by atoms with Crippen molar-refractivity contribution in [2.24, 2.45) is 28.6 Å². The predicted molar refractivity (Wildman–Crippen MR) is 147 cm³/mol. The molecule has 0 spiro atoms. The van der Waals surface area contributed by atoms with E-state index in [1.54, 1.807) is 6.92 Å². The number of carbonyl (C=O) groups excluding carboxylic acids is 2. The van der Waals surface area contributed by atoms with E-state index in [0.717, 1.165) is 38.5 Å². The lowest BCUT2D eigenvalue weighted by molar-refractivity contribution is -0.150. The fourth-order valence-electron chi connectivity index (χ4n) is 7.24. The summed E-state index contributed by atoms with van der Waals surface area (Å²) in [6.45, 7) is 2.08. The number of rotatable bonds is 9. The summed E-state index contributed by atoms with van der Waals surface area (Å²) in [7, 11) is 1.43. The number of carboxylic acids is 1. The minimum atomic E-state index is -0.822. The number of fused-ring (bicyclic) bond motifs is 2. The van der Waals surface area contributed by atoms with Gasteiger partial charge in [-0.05, 0) is 82.6 Å². The smallest absolute Gasteiger partial charge is 0.309 e. The Morgan fingerprint density at radius 1 is 1.05 bits per heavy atom. The highest BCUT2D eigenvalue weighted by atomic mass is 16.5. The summed E-state index contributed by atoms with van der Waals surface area (Å²) in [5, 5.41) is 35.0. The first kappa shape index (κ1) is 28.7. The summed E-state index contributed by atoms with van der Waals surface area (Å²) in [5.74, 6) is -0.817. The number of hydrogen-bond donors (Lipinski definition) is 3. The van der Waals surface area contributed by atoms with E-state index < -0.39 is 22.7 Å². The molecule has 41 heavy (non-hydrogen) atoms. The zero-order chi connectivity index (χ0) is 29.4. The molecule has 10 heteroatoms. The Balaban J connectivity index is 1.31. The second-order valence-corrected chi connectivity index (χ2v) is 12.7. The van der Waals surface area contributed by atoms with Gasteiger partial charge >= 0.3 is 5.97 Å². The number of methoxy groups -OCH3 is 1. The van der Waals surface area contributed by atoms with Gasteiger partial charge in [-0.15, -0.1) is 0 Å². The van der Waals surface area contributed by atoms with Crippen molar-refractivity contribution in [2.45, 2.75) is 83.3 Å². The quantitative estimate of drug-likeness (QED) is 0.408. The van der Waals surface area contributed by atoms with Gasteiger partial charge in [0.15, 0.2) is 0 Å². The average Bonchev–Trinajstić information content (AvgIpc) is 3.55. The SMILES string of the molecule is COc1cc(C#N)c(OC2CCC(C)(C(=O)O)CC2)cc1C(=O)N[C@@H]1[C@H]2CC[C@H](C2)[C@@H]1C(=O)NCC1(C#N)CCC1. The van der Waals surface area contributed by atoms with Crippen molar-refractivity contribution >= 4 is 17.8 Å². The van der Waals surface area contributed by atoms with E-state index in [2.05, 4.69) is 22.8 Å². The Hall–Kier alpha value is -3.79. The van der Waals surface area contributed by atoms with Crippen LogP contribution in [-0.2, 0) is 9.59 Å². The van der Waals surface area contributed by atoms with Crippen LogP contribution in [0.1, 0.15) is 87.1 Å². The number of nitriles is 2. The molecule has 4 atom stereocenters. The summed E-state index contributed by atoms with van der Waals surface area (Å²) in [6, 6.07) is 7.15. The molecule has 0 aromatic heterocycles. The van der Waals surface area contributed by atoms with Gasteiger partial charge in [0.25, 0.3) is 5.91 Å². The third-order valence-electron chi connectivity index (χ3n) is 10.2. The second-order valence-electron chi connectivity index (χ2n) is 12.7. The number of nitrogens with one attached hydrogen (secondary N) is 2. The van der Waals surface area contributed by atoms with Gasteiger partial charge in [0.2, 0.25) is 5.91 Å². The van der Waals surface area contributed by atoms with Crippen LogP contribution in [0.15, 0.2) is 12.1 Å². The molecule has 3 N–H and O–H groups in total. The maximum atomic E-state index is 13.7. The van der Waals surface area contributed by atoms with Gasteiger partial charge in [0, 0.05) is 18.7 Å². The molecule has 0 unspecified atom stereocenters. The van der Waals surface area contributed by atoms with E-state index in [-0.39, 0.29) is 58.4 Å². The van der Waals surface area contributed by atoms with E-state index in [1.807, 2.05) is 0 Å². The zero-order valence-electron chi connectivity index (χ0n) is 23.7.